The Kier molecular flexibility index (Phi) is 1.99. The van der Waals surface area contributed by atoms with Gasteiger partial charge in [-0.1, -0.05) is 12.2 Å². The predicted molar refractivity (Wildman–Crippen MR) is 59.4 cm³/mol. The van der Waals surface area contributed by atoms with E-state index in [0.717, 1.165) is 31.8 Å². The molecular weight excluding hydrogens is 188 g/mol. The molecule has 3 rings (SSSR count). The molecule has 1 N–H and O–H groups in total. The molecule has 0 amide bonds. The Labute approximate surface area is 89.2 Å². The fraction of sp³-hybridized carbons (Fsp3) is 0.417. The largest absolute Gasteiger partial charge is 0.450 e. The summed E-state index contributed by atoms with van der Waals surface area (Å²) in [5, 5.41) is 3.40. The average molecular weight is 202 g/mol. The quantitative estimate of drug-likeness (QED) is 0.649. The lowest BCUT2D eigenvalue weighted by Gasteiger charge is -2.39. The second-order valence-corrected chi connectivity index (χ2v) is 4.17. The van der Waals surface area contributed by atoms with Gasteiger partial charge in [-0.15, -0.1) is 0 Å². The first-order valence-electron chi connectivity index (χ1n) is 5.39. The monoisotopic (exact) mass is 202 g/mol. The van der Waals surface area contributed by atoms with Gasteiger partial charge in [0, 0.05) is 12.7 Å². The van der Waals surface area contributed by atoms with Crippen molar-refractivity contribution in [2.45, 2.75) is 12.8 Å². The summed E-state index contributed by atoms with van der Waals surface area (Å²) in [4.78, 5) is 4.38. The molecule has 1 spiro atoms. The molecule has 78 valence electrons. The van der Waals surface area contributed by atoms with Crippen LogP contribution in [0.2, 0.25) is 0 Å². The van der Waals surface area contributed by atoms with Crippen molar-refractivity contribution >= 4 is 5.90 Å². The van der Waals surface area contributed by atoms with Crippen molar-refractivity contribution in [1.29, 1.82) is 0 Å². The molecule has 3 heteroatoms. The highest BCUT2D eigenvalue weighted by molar-refractivity contribution is 5.88. The third-order valence-electron chi connectivity index (χ3n) is 3.39. The van der Waals surface area contributed by atoms with Crippen molar-refractivity contribution in [2.24, 2.45) is 10.4 Å². The molecule has 3 nitrogen and oxygen atoms in total. The fourth-order valence-electron chi connectivity index (χ4n) is 2.54. The first kappa shape index (κ1) is 8.92. The van der Waals surface area contributed by atoms with E-state index in [4.69, 9.17) is 4.74 Å². The number of aliphatic imine (C=N–C) groups is 1. The van der Waals surface area contributed by atoms with Crippen LogP contribution in [-0.4, -0.2) is 19.0 Å². The number of piperidine rings is 1. The van der Waals surface area contributed by atoms with E-state index < -0.39 is 0 Å². The van der Waals surface area contributed by atoms with Crippen LogP contribution in [0.1, 0.15) is 12.8 Å². The molecule has 15 heavy (non-hydrogen) atoms. The van der Waals surface area contributed by atoms with E-state index in [1.165, 1.54) is 5.57 Å². The fourth-order valence-corrected chi connectivity index (χ4v) is 2.54. The SMILES string of the molecule is C1=COC2=NC=CCC23CCNCC3=C1. The molecule has 0 aromatic rings. The van der Waals surface area contributed by atoms with Crippen molar-refractivity contribution in [2.75, 3.05) is 13.1 Å². The third kappa shape index (κ3) is 1.27. The van der Waals surface area contributed by atoms with Gasteiger partial charge in [-0.2, -0.15) is 0 Å². The number of hydrogen-bond donors (Lipinski definition) is 1. The number of rotatable bonds is 0. The zero-order chi connectivity index (χ0) is 10.1. The first-order valence-corrected chi connectivity index (χ1v) is 5.39. The zero-order valence-electron chi connectivity index (χ0n) is 8.57. The Hall–Kier alpha value is -1.35. The number of hydrogen-bond acceptors (Lipinski definition) is 3. The summed E-state index contributed by atoms with van der Waals surface area (Å²) < 4.78 is 5.61. The predicted octanol–water partition coefficient (Wildman–Crippen LogP) is 1.75. The second-order valence-electron chi connectivity index (χ2n) is 4.17. The minimum absolute atomic E-state index is 0.0312. The van der Waals surface area contributed by atoms with E-state index in [-0.39, 0.29) is 5.41 Å². The highest BCUT2D eigenvalue weighted by Gasteiger charge is 2.43. The minimum atomic E-state index is 0.0312. The smallest absolute Gasteiger partial charge is 0.204 e. The van der Waals surface area contributed by atoms with Gasteiger partial charge in [-0.25, -0.2) is 4.99 Å². The molecule has 1 saturated heterocycles. The van der Waals surface area contributed by atoms with Gasteiger partial charge >= 0.3 is 0 Å². The molecule has 0 radical (unpaired) electrons. The summed E-state index contributed by atoms with van der Waals surface area (Å²) in [6, 6.07) is 0. The Morgan fingerprint density at radius 1 is 1.47 bits per heavy atom. The number of ether oxygens (including phenoxy) is 1. The number of nitrogens with zero attached hydrogens (tertiary/aromatic N) is 1. The summed E-state index contributed by atoms with van der Waals surface area (Å²) in [6.45, 7) is 1.98. The maximum atomic E-state index is 5.61. The normalized spacial score (nSPS) is 33.1. The van der Waals surface area contributed by atoms with Crippen LogP contribution >= 0.6 is 0 Å². The molecule has 0 bridgehead atoms. The molecule has 1 unspecified atom stereocenters. The highest BCUT2D eigenvalue weighted by atomic mass is 16.5. The molecule has 0 aliphatic carbocycles. The van der Waals surface area contributed by atoms with Crippen molar-refractivity contribution < 1.29 is 4.74 Å². The summed E-state index contributed by atoms with van der Waals surface area (Å²) in [6.07, 6.45) is 11.9. The molecule has 0 aromatic heterocycles. The Balaban J connectivity index is 2.09. The molecule has 1 atom stereocenters. The molecule has 0 aromatic carbocycles. The third-order valence-corrected chi connectivity index (χ3v) is 3.39. The highest BCUT2D eigenvalue weighted by Crippen LogP contribution is 2.42. The summed E-state index contributed by atoms with van der Waals surface area (Å²) in [5.41, 5.74) is 1.43. The maximum absolute atomic E-state index is 5.61. The first-order chi connectivity index (χ1) is 7.42. The van der Waals surface area contributed by atoms with Gasteiger partial charge < -0.3 is 10.1 Å². The van der Waals surface area contributed by atoms with Crippen LogP contribution in [0.3, 0.4) is 0 Å². The summed E-state index contributed by atoms with van der Waals surface area (Å²) in [5.74, 6) is 0.867. The molecule has 1 fully saturated rings. The second kappa shape index (κ2) is 3.35. The lowest BCUT2D eigenvalue weighted by molar-refractivity contribution is 0.315. The Morgan fingerprint density at radius 2 is 2.47 bits per heavy atom. The molecule has 0 saturated carbocycles. The van der Waals surface area contributed by atoms with Gasteiger partial charge in [-0.05, 0) is 31.0 Å². The molecule has 3 aliphatic heterocycles. The van der Waals surface area contributed by atoms with Crippen molar-refractivity contribution in [1.82, 2.24) is 5.32 Å². The Morgan fingerprint density at radius 3 is 3.47 bits per heavy atom. The van der Waals surface area contributed by atoms with Crippen LogP contribution in [0.4, 0.5) is 0 Å². The van der Waals surface area contributed by atoms with Gasteiger partial charge in [0.15, 0.2) is 0 Å². The van der Waals surface area contributed by atoms with Gasteiger partial charge in [0.1, 0.15) is 0 Å². The van der Waals surface area contributed by atoms with E-state index in [2.05, 4.69) is 22.5 Å². The minimum Gasteiger partial charge on any atom is -0.450 e. The van der Waals surface area contributed by atoms with Crippen molar-refractivity contribution in [3.63, 3.8) is 0 Å². The van der Waals surface area contributed by atoms with Crippen molar-refractivity contribution in [3.8, 4) is 0 Å². The lowest BCUT2D eigenvalue weighted by Crippen LogP contribution is -2.45. The summed E-state index contributed by atoms with van der Waals surface area (Å²) >= 11 is 0. The van der Waals surface area contributed by atoms with Gasteiger partial charge in [-0.3, -0.25) is 0 Å². The van der Waals surface area contributed by atoms with Crippen LogP contribution in [0.15, 0.2) is 41.3 Å². The molecule has 3 heterocycles. The lowest BCUT2D eigenvalue weighted by atomic mass is 9.71. The number of nitrogens with one attached hydrogen (secondary N) is 1. The zero-order valence-corrected chi connectivity index (χ0v) is 8.57. The Bertz CT molecular complexity index is 392. The van der Waals surface area contributed by atoms with E-state index in [0.29, 0.717) is 0 Å². The standard InChI is InChI=1S/C12H14N2O/c1-3-10-9-13-7-5-12(10)4-2-6-14-11(12)15-8-1/h1-3,6,8,13H,4-5,7,9H2. The van der Waals surface area contributed by atoms with Crippen LogP contribution in [0.25, 0.3) is 0 Å². The van der Waals surface area contributed by atoms with Crippen molar-refractivity contribution in [3.05, 3.63) is 36.3 Å². The van der Waals surface area contributed by atoms with Gasteiger partial charge in [0.25, 0.3) is 0 Å². The topological polar surface area (TPSA) is 33.6 Å². The van der Waals surface area contributed by atoms with E-state index in [1.54, 1.807) is 6.26 Å². The van der Waals surface area contributed by atoms with Crippen LogP contribution < -0.4 is 5.32 Å². The van der Waals surface area contributed by atoms with E-state index in [1.807, 2.05) is 12.3 Å². The average Bonchev–Trinajstić information content (AvgIpc) is 2.47. The molecular formula is C12H14N2O. The number of allylic oxidation sites excluding steroid dienone is 3. The maximum Gasteiger partial charge on any atom is 0.204 e. The van der Waals surface area contributed by atoms with E-state index in [9.17, 15) is 0 Å². The van der Waals surface area contributed by atoms with Crippen LogP contribution in [-0.2, 0) is 4.74 Å². The van der Waals surface area contributed by atoms with Crippen LogP contribution in [0.5, 0.6) is 0 Å². The molecule has 3 aliphatic rings. The van der Waals surface area contributed by atoms with E-state index >= 15 is 0 Å². The van der Waals surface area contributed by atoms with Gasteiger partial charge in [0.2, 0.25) is 5.90 Å². The van der Waals surface area contributed by atoms with Crippen LogP contribution in [0, 0.1) is 5.41 Å². The van der Waals surface area contributed by atoms with Gasteiger partial charge in [0.05, 0.1) is 11.7 Å². The summed E-state index contributed by atoms with van der Waals surface area (Å²) in [7, 11) is 0.